The van der Waals surface area contributed by atoms with E-state index in [1.165, 1.54) is 18.5 Å². The predicted octanol–water partition coefficient (Wildman–Crippen LogP) is 3.31. The maximum absolute atomic E-state index is 13.0. The average molecular weight is 255 g/mol. The lowest BCUT2D eigenvalue weighted by atomic mass is 10.1. The SMILES string of the molecule is Cc1ncnc(Cl)c1Cc1cc(F)cc(F)c1. The van der Waals surface area contributed by atoms with Crippen molar-refractivity contribution in [2.24, 2.45) is 0 Å². The zero-order chi connectivity index (χ0) is 12.4. The largest absolute Gasteiger partial charge is 0.241 e. The highest BCUT2D eigenvalue weighted by atomic mass is 35.5. The highest BCUT2D eigenvalue weighted by Crippen LogP contribution is 2.20. The minimum Gasteiger partial charge on any atom is -0.241 e. The lowest BCUT2D eigenvalue weighted by Gasteiger charge is -2.06. The van der Waals surface area contributed by atoms with Crippen molar-refractivity contribution in [2.45, 2.75) is 13.3 Å². The van der Waals surface area contributed by atoms with Crippen LogP contribution in [0.3, 0.4) is 0 Å². The molecule has 2 aromatic rings. The third-order valence-electron chi connectivity index (χ3n) is 2.41. The molecule has 2 rings (SSSR count). The van der Waals surface area contributed by atoms with Gasteiger partial charge in [0.05, 0.1) is 0 Å². The van der Waals surface area contributed by atoms with Gasteiger partial charge in [-0.25, -0.2) is 18.7 Å². The van der Waals surface area contributed by atoms with Crippen LogP contribution in [0, 0.1) is 18.6 Å². The van der Waals surface area contributed by atoms with E-state index in [2.05, 4.69) is 9.97 Å². The summed E-state index contributed by atoms with van der Waals surface area (Å²) in [5, 5.41) is 0.308. The Morgan fingerprint density at radius 3 is 2.35 bits per heavy atom. The number of halogens is 3. The fourth-order valence-corrected chi connectivity index (χ4v) is 1.84. The Morgan fingerprint density at radius 2 is 1.76 bits per heavy atom. The zero-order valence-corrected chi connectivity index (χ0v) is 9.80. The first-order valence-electron chi connectivity index (χ1n) is 4.97. The van der Waals surface area contributed by atoms with Crippen molar-refractivity contribution in [3.05, 3.63) is 58.1 Å². The van der Waals surface area contributed by atoms with Gasteiger partial charge in [-0.1, -0.05) is 11.6 Å². The number of aryl methyl sites for hydroxylation is 1. The number of hydrogen-bond acceptors (Lipinski definition) is 2. The minimum atomic E-state index is -0.606. The van der Waals surface area contributed by atoms with Gasteiger partial charge in [0.25, 0.3) is 0 Å². The van der Waals surface area contributed by atoms with E-state index in [-0.39, 0.29) is 0 Å². The van der Waals surface area contributed by atoms with E-state index in [4.69, 9.17) is 11.6 Å². The van der Waals surface area contributed by atoms with Crippen molar-refractivity contribution in [1.29, 1.82) is 0 Å². The van der Waals surface area contributed by atoms with Crippen molar-refractivity contribution in [1.82, 2.24) is 9.97 Å². The van der Waals surface area contributed by atoms with Crippen LogP contribution in [-0.4, -0.2) is 9.97 Å². The second kappa shape index (κ2) is 4.75. The van der Waals surface area contributed by atoms with Gasteiger partial charge in [-0.2, -0.15) is 0 Å². The number of nitrogens with zero attached hydrogens (tertiary/aromatic N) is 2. The van der Waals surface area contributed by atoms with Crippen molar-refractivity contribution in [3.63, 3.8) is 0 Å². The Hall–Kier alpha value is -1.55. The molecule has 0 amide bonds. The first-order chi connectivity index (χ1) is 8.06. The summed E-state index contributed by atoms with van der Waals surface area (Å²) in [6.07, 6.45) is 1.66. The lowest BCUT2D eigenvalue weighted by Crippen LogP contribution is -1.99. The normalized spacial score (nSPS) is 10.6. The summed E-state index contributed by atoms with van der Waals surface area (Å²) in [5.41, 5.74) is 1.89. The molecule has 0 fully saturated rings. The monoisotopic (exact) mass is 254 g/mol. The molecule has 0 spiro atoms. The van der Waals surface area contributed by atoms with Crippen LogP contribution in [0.15, 0.2) is 24.5 Å². The molecular formula is C12H9ClF2N2. The molecule has 5 heteroatoms. The van der Waals surface area contributed by atoms with E-state index in [1.54, 1.807) is 6.92 Å². The number of aromatic nitrogens is 2. The van der Waals surface area contributed by atoms with Crippen LogP contribution in [-0.2, 0) is 6.42 Å². The van der Waals surface area contributed by atoms with E-state index in [0.29, 0.717) is 28.4 Å². The topological polar surface area (TPSA) is 25.8 Å². The predicted molar refractivity (Wildman–Crippen MR) is 60.9 cm³/mol. The van der Waals surface area contributed by atoms with E-state index in [9.17, 15) is 8.78 Å². The lowest BCUT2D eigenvalue weighted by molar-refractivity contribution is 0.580. The molecule has 0 aliphatic carbocycles. The Morgan fingerprint density at radius 1 is 1.12 bits per heavy atom. The fourth-order valence-electron chi connectivity index (χ4n) is 1.59. The highest BCUT2D eigenvalue weighted by molar-refractivity contribution is 6.30. The molecule has 2 nitrogen and oxygen atoms in total. The fraction of sp³-hybridized carbons (Fsp3) is 0.167. The molecule has 88 valence electrons. The highest BCUT2D eigenvalue weighted by Gasteiger charge is 2.09. The summed E-state index contributed by atoms with van der Waals surface area (Å²) in [6, 6.07) is 3.37. The van der Waals surface area contributed by atoms with Crippen molar-refractivity contribution < 1.29 is 8.78 Å². The van der Waals surface area contributed by atoms with Gasteiger partial charge in [0, 0.05) is 23.7 Å². The Bertz CT molecular complexity index is 518. The van der Waals surface area contributed by atoms with Gasteiger partial charge in [0.15, 0.2) is 0 Å². The molecule has 0 N–H and O–H groups in total. The van der Waals surface area contributed by atoms with Crippen LogP contribution in [0.5, 0.6) is 0 Å². The minimum absolute atomic E-state index is 0.306. The van der Waals surface area contributed by atoms with E-state index in [1.807, 2.05) is 0 Å². The Balaban J connectivity index is 2.38. The third kappa shape index (κ3) is 2.77. The number of benzene rings is 1. The molecule has 1 aromatic heterocycles. The molecular weight excluding hydrogens is 246 g/mol. The summed E-state index contributed by atoms with van der Waals surface area (Å²) in [4.78, 5) is 7.85. The summed E-state index contributed by atoms with van der Waals surface area (Å²) >= 11 is 5.92. The summed E-state index contributed by atoms with van der Waals surface area (Å²) in [6.45, 7) is 1.78. The van der Waals surface area contributed by atoms with Gasteiger partial charge in [-0.05, 0) is 24.6 Å². The summed E-state index contributed by atoms with van der Waals surface area (Å²) in [5.74, 6) is -1.21. The van der Waals surface area contributed by atoms with E-state index < -0.39 is 11.6 Å². The maximum atomic E-state index is 13.0. The molecule has 0 unspecified atom stereocenters. The second-order valence-corrected chi connectivity index (χ2v) is 4.04. The molecule has 0 radical (unpaired) electrons. The van der Waals surface area contributed by atoms with E-state index >= 15 is 0 Å². The first-order valence-corrected chi connectivity index (χ1v) is 5.35. The van der Waals surface area contributed by atoms with E-state index in [0.717, 1.165) is 6.07 Å². The van der Waals surface area contributed by atoms with Crippen LogP contribution in [0.2, 0.25) is 5.15 Å². The van der Waals surface area contributed by atoms with Crippen LogP contribution in [0.25, 0.3) is 0 Å². The molecule has 0 bridgehead atoms. The molecule has 0 saturated heterocycles. The van der Waals surface area contributed by atoms with Crippen molar-refractivity contribution in [2.75, 3.05) is 0 Å². The van der Waals surface area contributed by atoms with Crippen molar-refractivity contribution >= 4 is 11.6 Å². The molecule has 0 atom stereocenters. The van der Waals surface area contributed by atoms with Gasteiger partial charge in [-0.15, -0.1) is 0 Å². The van der Waals surface area contributed by atoms with Crippen LogP contribution < -0.4 is 0 Å². The third-order valence-corrected chi connectivity index (χ3v) is 2.74. The second-order valence-electron chi connectivity index (χ2n) is 3.68. The number of hydrogen-bond donors (Lipinski definition) is 0. The van der Waals surface area contributed by atoms with Crippen LogP contribution in [0.4, 0.5) is 8.78 Å². The van der Waals surface area contributed by atoms with Crippen molar-refractivity contribution in [3.8, 4) is 0 Å². The molecule has 1 aromatic carbocycles. The average Bonchev–Trinajstić information content (AvgIpc) is 2.22. The quantitative estimate of drug-likeness (QED) is 0.769. The molecule has 0 saturated carbocycles. The van der Waals surface area contributed by atoms with Gasteiger partial charge in [0.2, 0.25) is 0 Å². The van der Waals surface area contributed by atoms with Crippen LogP contribution in [0.1, 0.15) is 16.8 Å². The molecule has 17 heavy (non-hydrogen) atoms. The standard InChI is InChI=1S/C12H9ClF2N2/c1-7-11(12(13)17-6-16-7)4-8-2-9(14)5-10(15)3-8/h2-3,5-6H,4H2,1H3. The Kier molecular flexibility index (Phi) is 3.33. The van der Waals surface area contributed by atoms with Crippen LogP contribution >= 0.6 is 11.6 Å². The summed E-state index contributed by atoms with van der Waals surface area (Å²) < 4.78 is 26.1. The zero-order valence-electron chi connectivity index (χ0n) is 9.04. The van der Waals surface area contributed by atoms with Gasteiger partial charge in [-0.3, -0.25) is 0 Å². The summed E-state index contributed by atoms with van der Waals surface area (Å²) in [7, 11) is 0. The number of rotatable bonds is 2. The first kappa shape index (κ1) is 11.9. The van der Waals surface area contributed by atoms with Gasteiger partial charge < -0.3 is 0 Å². The van der Waals surface area contributed by atoms with Gasteiger partial charge in [0.1, 0.15) is 23.1 Å². The molecule has 0 aliphatic heterocycles. The molecule has 0 aliphatic rings. The smallest absolute Gasteiger partial charge is 0.136 e. The maximum Gasteiger partial charge on any atom is 0.136 e. The Labute approximate surface area is 102 Å². The van der Waals surface area contributed by atoms with Gasteiger partial charge >= 0.3 is 0 Å². The molecule has 1 heterocycles.